The van der Waals surface area contributed by atoms with Crippen LogP contribution in [-0.2, 0) is 4.79 Å². The van der Waals surface area contributed by atoms with Crippen LogP contribution in [0, 0.1) is 0 Å². The van der Waals surface area contributed by atoms with Gasteiger partial charge in [-0.05, 0) is 36.8 Å². The Morgan fingerprint density at radius 3 is 2.38 bits per heavy atom. The van der Waals surface area contributed by atoms with Crippen molar-refractivity contribution in [2.75, 3.05) is 5.32 Å². The molecule has 1 aromatic heterocycles. The van der Waals surface area contributed by atoms with E-state index in [1.165, 1.54) is 16.7 Å². The number of rotatable bonds is 6. The van der Waals surface area contributed by atoms with Crippen molar-refractivity contribution < 1.29 is 18.3 Å². The maximum atomic E-state index is 13.7. The van der Waals surface area contributed by atoms with Gasteiger partial charge in [0, 0.05) is 11.3 Å². The zero-order valence-corrected chi connectivity index (χ0v) is 20.4. The number of carbonyl (C=O) groups excluding carboxylic acids is 1. The van der Waals surface area contributed by atoms with Gasteiger partial charge in [-0.25, -0.2) is 4.99 Å². The lowest BCUT2D eigenvalue weighted by molar-refractivity contribution is -0.113. The molecular weight excluding hydrogens is 496 g/mol. The number of hydrogen-bond donors (Lipinski definition) is 1. The molecule has 0 saturated heterocycles. The first-order valence-electron chi connectivity index (χ1n) is 11.4. The zero-order valence-electron chi connectivity index (χ0n) is 19.6. The third-order valence-corrected chi connectivity index (χ3v) is 6.82. The summed E-state index contributed by atoms with van der Waals surface area (Å²) in [4.78, 5) is 32.2. The molecule has 0 aliphatic carbocycles. The maximum Gasteiger partial charge on any atom is 0.387 e. The summed E-state index contributed by atoms with van der Waals surface area (Å²) in [6.07, 6.45) is 1.51. The van der Waals surface area contributed by atoms with E-state index in [2.05, 4.69) is 15.0 Å². The Hall–Kier alpha value is -4.37. The van der Waals surface area contributed by atoms with Crippen LogP contribution in [0.3, 0.4) is 0 Å². The second kappa shape index (κ2) is 10.3. The van der Waals surface area contributed by atoms with E-state index in [9.17, 15) is 18.4 Å². The number of amides is 1. The van der Waals surface area contributed by atoms with Gasteiger partial charge in [-0.3, -0.25) is 14.2 Å². The second-order valence-corrected chi connectivity index (χ2v) is 9.24. The Kier molecular flexibility index (Phi) is 6.78. The first-order chi connectivity index (χ1) is 17.9. The average molecular weight is 518 g/mol. The van der Waals surface area contributed by atoms with Crippen LogP contribution in [0.15, 0.2) is 106 Å². The number of fused-ring (bicyclic) bond motifs is 1. The molecule has 4 aromatic rings. The molecule has 186 valence electrons. The van der Waals surface area contributed by atoms with Gasteiger partial charge in [0.15, 0.2) is 4.80 Å². The molecule has 2 heterocycles. The largest absolute Gasteiger partial charge is 0.434 e. The van der Waals surface area contributed by atoms with Crippen molar-refractivity contribution in [3.8, 4) is 5.75 Å². The van der Waals surface area contributed by atoms with Gasteiger partial charge in [0.1, 0.15) is 5.75 Å². The molecular formula is C28H21F2N3O3S. The Morgan fingerprint density at radius 1 is 1.03 bits per heavy atom. The minimum atomic E-state index is -3.00. The average Bonchev–Trinajstić information content (AvgIpc) is 3.19. The smallest absolute Gasteiger partial charge is 0.387 e. The molecule has 6 nitrogen and oxygen atoms in total. The fourth-order valence-corrected chi connectivity index (χ4v) is 5.26. The van der Waals surface area contributed by atoms with E-state index in [1.807, 2.05) is 48.5 Å². The number of alkyl halides is 2. The number of benzene rings is 3. The van der Waals surface area contributed by atoms with E-state index in [0.29, 0.717) is 27.3 Å². The van der Waals surface area contributed by atoms with Crippen molar-refractivity contribution in [3.63, 3.8) is 0 Å². The number of nitrogens with one attached hydrogen (secondary N) is 1. The molecule has 9 heteroatoms. The summed E-state index contributed by atoms with van der Waals surface area (Å²) < 4.78 is 32.2. The van der Waals surface area contributed by atoms with Gasteiger partial charge in [0.2, 0.25) is 0 Å². The molecule has 0 radical (unpaired) electrons. The molecule has 1 atom stereocenters. The highest BCUT2D eigenvalue weighted by atomic mass is 32.1. The summed E-state index contributed by atoms with van der Waals surface area (Å²) in [6, 6.07) is 23.8. The van der Waals surface area contributed by atoms with Gasteiger partial charge in [-0.15, -0.1) is 0 Å². The molecule has 3 aromatic carbocycles. The van der Waals surface area contributed by atoms with Crippen molar-refractivity contribution >= 4 is 29.0 Å². The third-order valence-electron chi connectivity index (χ3n) is 5.83. The van der Waals surface area contributed by atoms with Gasteiger partial charge in [0.25, 0.3) is 11.5 Å². The van der Waals surface area contributed by atoms with Gasteiger partial charge in [-0.1, -0.05) is 78.1 Å². The van der Waals surface area contributed by atoms with E-state index >= 15 is 0 Å². The molecule has 37 heavy (non-hydrogen) atoms. The van der Waals surface area contributed by atoms with Crippen molar-refractivity contribution in [1.82, 2.24) is 4.57 Å². The predicted octanol–water partition coefficient (Wildman–Crippen LogP) is 4.48. The first-order valence-corrected chi connectivity index (χ1v) is 12.2. The zero-order chi connectivity index (χ0) is 25.9. The molecule has 1 aliphatic rings. The SMILES string of the molecule is CC1=C(C(=O)Nc2ccccc2)[C@H](c2ccccc2)n2c(s/c(=C/c3ccccc3OC(F)F)c2=O)=N1. The Labute approximate surface area is 214 Å². The number of anilines is 1. The molecule has 0 spiro atoms. The number of carbonyl (C=O) groups is 1. The Balaban J connectivity index is 1.66. The van der Waals surface area contributed by atoms with E-state index in [0.717, 1.165) is 16.9 Å². The van der Waals surface area contributed by atoms with Crippen LogP contribution in [0.4, 0.5) is 14.5 Å². The maximum absolute atomic E-state index is 13.7. The highest BCUT2D eigenvalue weighted by Gasteiger charge is 2.32. The molecule has 1 amide bonds. The Morgan fingerprint density at radius 2 is 1.68 bits per heavy atom. The number of para-hydroxylation sites is 2. The summed E-state index contributed by atoms with van der Waals surface area (Å²) in [6.45, 7) is -1.26. The predicted molar refractivity (Wildman–Crippen MR) is 138 cm³/mol. The minimum absolute atomic E-state index is 0.0398. The highest BCUT2D eigenvalue weighted by Crippen LogP contribution is 2.30. The Bertz CT molecular complexity index is 1660. The van der Waals surface area contributed by atoms with Crippen LogP contribution in [0.5, 0.6) is 5.75 Å². The lowest BCUT2D eigenvalue weighted by Gasteiger charge is -2.25. The van der Waals surface area contributed by atoms with Crippen LogP contribution < -0.4 is 24.9 Å². The summed E-state index contributed by atoms with van der Waals surface area (Å²) in [5, 5.41) is 2.90. The lowest BCUT2D eigenvalue weighted by atomic mass is 9.95. The number of hydrogen-bond acceptors (Lipinski definition) is 5. The molecule has 5 rings (SSSR count). The first kappa shape index (κ1) is 24.3. The highest BCUT2D eigenvalue weighted by molar-refractivity contribution is 7.07. The van der Waals surface area contributed by atoms with Gasteiger partial charge in [0.05, 0.1) is 21.8 Å². The summed E-state index contributed by atoms with van der Waals surface area (Å²) in [5.74, 6) is -0.409. The molecule has 1 aliphatic heterocycles. The lowest BCUT2D eigenvalue weighted by Crippen LogP contribution is -2.40. The number of ether oxygens (including phenoxy) is 1. The quantitative estimate of drug-likeness (QED) is 0.410. The summed E-state index contributed by atoms with van der Waals surface area (Å²) in [7, 11) is 0. The van der Waals surface area contributed by atoms with E-state index < -0.39 is 12.7 Å². The van der Waals surface area contributed by atoms with Crippen molar-refractivity contribution in [1.29, 1.82) is 0 Å². The number of thiazole rings is 1. The fourth-order valence-electron chi connectivity index (χ4n) is 4.23. The monoisotopic (exact) mass is 517 g/mol. The van der Waals surface area contributed by atoms with Crippen LogP contribution in [0.1, 0.15) is 24.1 Å². The fraction of sp³-hybridized carbons (Fsp3) is 0.107. The normalized spacial score (nSPS) is 15.4. The molecule has 1 N–H and O–H groups in total. The van der Waals surface area contributed by atoms with E-state index in [4.69, 9.17) is 0 Å². The molecule has 0 fully saturated rings. The van der Waals surface area contributed by atoms with E-state index in [1.54, 1.807) is 37.3 Å². The molecule has 0 bridgehead atoms. The van der Waals surface area contributed by atoms with E-state index in [-0.39, 0.29) is 21.7 Å². The standard InChI is InChI=1S/C28H21F2N3O3S/c1-17-23(25(34)32-20-13-6-3-7-14-20)24(18-10-4-2-5-11-18)33-26(35)22(37-28(33)31-17)16-19-12-8-9-15-21(19)36-27(29)30/h2-16,24,27H,1H3,(H,32,34)/b22-16+/t24-/m0/s1. The number of allylic oxidation sites excluding steroid dienone is 1. The van der Waals surface area contributed by atoms with Gasteiger partial charge in [-0.2, -0.15) is 8.78 Å². The van der Waals surface area contributed by atoms with Crippen LogP contribution >= 0.6 is 11.3 Å². The third kappa shape index (κ3) is 4.99. The molecule has 0 unspecified atom stereocenters. The molecule has 0 saturated carbocycles. The summed E-state index contributed by atoms with van der Waals surface area (Å²) >= 11 is 1.12. The van der Waals surface area contributed by atoms with Crippen molar-refractivity contribution in [2.45, 2.75) is 19.6 Å². The van der Waals surface area contributed by atoms with Crippen LogP contribution in [0.2, 0.25) is 0 Å². The van der Waals surface area contributed by atoms with Gasteiger partial charge < -0.3 is 10.1 Å². The number of aromatic nitrogens is 1. The second-order valence-electron chi connectivity index (χ2n) is 8.23. The minimum Gasteiger partial charge on any atom is -0.434 e. The number of halogens is 2. The van der Waals surface area contributed by atoms with Crippen LogP contribution in [0.25, 0.3) is 6.08 Å². The van der Waals surface area contributed by atoms with Crippen molar-refractivity contribution in [2.24, 2.45) is 4.99 Å². The number of nitrogens with zero attached hydrogens (tertiary/aromatic N) is 2. The van der Waals surface area contributed by atoms with Crippen LogP contribution in [-0.4, -0.2) is 17.1 Å². The topological polar surface area (TPSA) is 72.7 Å². The van der Waals surface area contributed by atoms with Gasteiger partial charge >= 0.3 is 6.61 Å². The van der Waals surface area contributed by atoms with Crippen molar-refractivity contribution in [3.05, 3.63) is 127 Å². The summed E-state index contributed by atoms with van der Waals surface area (Å²) in [5.41, 5.74) is 2.13.